The molecular weight excluding hydrogens is 366 g/mol. The van der Waals surface area contributed by atoms with Gasteiger partial charge in [0.05, 0.1) is 18.4 Å². The molecule has 0 amide bonds. The maximum absolute atomic E-state index is 9.32. The van der Waals surface area contributed by atoms with Crippen molar-refractivity contribution in [1.82, 2.24) is 24.3 Å². The van der Waals surface area contributed by atoms with Crippen molar-refractivity contribution < 1.29 is 9.84 Å². The summed E-state index contributed by atoms with van der Waals surface area (Å²) >= 11 is 0. The Labute approximate surface area is 169 Å². The fourth-order valence-electron chi connectivity index (χ4n) is 3.74. The molecule has 7 heteroatoms. The second-order valence-corrected chi connectivity index (χ2v) is 7.31. The molecule has 0 spiro atoms. The fourth-order valence-corrected chi connectivity index (χ4v) is 3.74. The van der Waals surface area contributed by atoms with Gasteiger partial charge in [-0.05, 0) is 54.7 Å². The summed E-state index contributed by atoms with van der Waals surface area (Å²) in [5.74, 6) is 1.46. The summed E-state index contributed by atoms with van der Waals surface area (Å²) in [6.45, 7) is 4.36. The summed E-state index contributed by atoms with van der Waals surface area (Å²) < 4.78 is 9.32. The van der Waals surface area contributed by atoms with E-state index < -0.39 is 0 Å². The Morgan fingerprint density at radius 1 is 1.24 bits per heavy atom. The highest BCUT2D eigenvalue weighted by Gasteiger charge is 2.19. The van der Waals surface area contributed by atoms with Crippen molar-refractivity contribution in [1.29, 1.82) is 0 Å². The third-order valence-corrected chi connectivity index (χ3v) is 5.30. The van der Waals surface area contributed by atoms with Crippen molar-refractivity contribution >= 4 is 11.0 Å². The van der Waals surface area contributed by atoms with Gasteiger partial charge >= 0.3 is 0 Å². The van der Waals surface area contributed by atoms with Gasteiger partial charge in [-0.2, -0.15) is 10.1 Å². The number of aliphatic hydroxyl groups excluding tert-OH is 1. The van der Waals surface area contributed by atoms with Gasteiger partial charge in [0, 0.05) is 37.6 Å². The molecule has 0 saturated heterocycles. The van der Waals surface area contributed by atoms with Crippen molar-refractivity contribution in [2.75, 3.05) is 13.7 Å². The largest absolute Gasteiger partial charge is 0.480 e. The van der Waals surface area contributed by atoms with Crippen LogP contribution in [-0.2, 0) is 7.05 Å². The van der Waals surface area contributed by atoms with Gasteiger partial charge in [-0.15, -0.1) is 0 Å². The molecule has 0 aliphatic rings. The molecule has 0 radical (unpaired) electrons. The maximum atomic E-state index is 9.32. The van der Waals surface area contributed by atoms with Crippen LogP contribution in [0.4, 0.5) is 0 Å². The molecule has 1 atom stereocenters. The fraction of sp³-hybridized carbons (Fsp3) is 0.318. The zero-order valence-corrected chi connectivity index (χ0v) is 17.1. The number of pyridine rings is 2. The van der Waals surface area contributed by atoms with E-state index in [1.807, 2.05) is 36.0 Å². The second kappa shape index (κ2) is 7.67. The first kappa shape index (κ1) is 19.1. The van der Waals surface area contributed by atoms with Crippen molar-refractivity contribution in [3.8, 4) is 23.0 Å². The Hall–Kier alpha value is -3.19. The summed E-state index contributed by atoms with van der Waals surface area (Å²) in [4.78, 5) is 9.58. The van der Waals surface area contributed by atoms with Crippen molar-refractivity contribution in [3.63, 3.8) is 0 Å². The molecule has 0 fully saturated rings. The molecule has 4 aromatic heterocycles. The van der Waals surface area contributed by atoms with Crippen LogP contribution in [0.25, 0.3) is 28.1 Å². The number of aromatic nitrogens is 5. The monoisotopic (exact) mass is 391 g/mol. The van der Waals surface area contributed by atoms with Crippen LogP contribution in [0.5, 0.6) is 5.88 Å². The highest BCUT2D eigenvalue weighted by Crippen LogP contribution is 2.35. The molecule has 150 valence electrons. The molecule has 0 aliphatic heterocycles. The number of rotatable bonds is 6. The Morgan fingerprint density at radius 3 is 2.76 bits per heavy atom. The topological polar surface area (TPSA) is 78.0 Å². The summed E-state index contributed by atoms with van der Waals surface area (Å²) in [5.41, 5.74) is 4.85. The third-order valence-electron chi connectivity index (χ3n) is 5.30. The molecule has 0 bridgehead atoms. The molecule has 4 aromatic rings. The first-order chi connectivity index (χ1) is 14.0. The van der Waals surface area contributed by atoms with Gasteiger partial charge in [0.1, 0.15) is 5.65 Å². The van der Waals surface area contributed by atoms with E-state index in [2.05, 4.69) is 36.2 Å². The minimum Gasteiger partial charge on any atom is -0.480 e. The van der Waals surface area contributed by atoms with Crippen LogP contribution < -0.4 is 4.74 Å². The number of hydrogen-bond donors (Lipinski definition) is 1. The van der Waals surface area contributed by atoms with Gasteiger partial charge in [0.25, 0.3) is 0 Å². The maximum Gasteiger partial charge on any atom is 0.224 e. The van der Waals surface area contributed by atoms with Crippen LogP contribution in [0.2, 0.25) is 0 Å². The average molecular weight is 391 g/mol. The van der Waals surface area contributed by atoms with Gasteiger partial charge in [-0.1, -0.05) is 6.92 Å². The number of methoxy groups -OCH3 is 1. The van der Waals surface area contributed by atoms with E-state index in [1.54, 1.807) is 18.0 Å². The standard InChI is InChI=1S/C22H25N5O2/c1-14(8-11-28)18-13-26(3)21-17(18)12-15(2)20(25-21)16-6-7-19(24-22(16)29-4)27-10-5-9-23-27/h5-7,9-10,12-14,28H,8,11H2,1-4H3/t14-/m1/s1. The van der Waals surface area contributed by atoms with E-state index >= 15 is 0 Å². The highest BCUT2D eigenvalue weighted by molar-refractivity contribution is 5.86. The zero-order chi connectivity index (χ0) is 20.5. The smallest absolute Gasteiger partial charge is 0.224 e. The van der Waals surface area contributed by atoms with Gasteiger partial charge in [0.15, 0.2) is 5.82 Å². The van der Waals surface area contributed by atoms with Gasteiger partial charge in [0.2, 0.25) is 5.88 Å². The minimum absolute atomic E-state index is 0.174. The SMILES string of the molecule is COc1nc(-n2cccn2)ccc1-c1nc2c(cc1C)c([C@H](C)CCO)cn2C. The van der Waals surface area contributed by atoms with Crippen LogP contribution >= 0.6 is 0 Å². The predicted molar refractivity (Wildman–Crippen MR) is 112 cm³/mol. The molecule has 4 rings (SSSR count). The molecule has 7 nitrogen and oxygen atoms in total. The van der Waals surface area contributed by atoms with Gasteiger partial charge in [-0.25, -0.2) is 9.67 Å². The number of aliphatic hydroxyl groups is 1. The summed E-state index contributed by atoms with van der Waals surface area (Å²) in [5, 5.41) is 14.7. The zero-order valence-electron chi connectivity index (χ0n) is 17.1. The van der Waals surface area contributed by atoms with Gasteiger partial charge < -0.3 is 14.4 Å². The van der Waals surface area contributed by atoms with E-state index in [0.717, 1.165) is 34.3 Å². The van der Waals surface area contributed by atoms with Crippen LogP contribution in [0.3, 0.4) is 0 Å². The number of aryl methyl sites for hydroxylation is 2. The summed E-state index contributed by atoms with van der Waals surface area (Å²) in [6.07, 6.45) is 6.40. The lowest BCUT2D eigenvalue weighted by atomic mass is 9.97. The third kappa shape index (κ3) is 3.38. The average Bonchev–Trinajstić information content (AvgIpc) is 3.36. The van der Waals surface area contributed by atoms with Crippen molar-refractivity contribution in [3.05, 3.63) is 54.0 Å². The molecule has 1 N–H and O–H groups in total. The molecule has 29 heavy (non-hydrogen) atoms. The predicted octanol–water partition coefficient (Wildman–Crippen LogP) is 3.62. The highest BCUT2D eigenvalue weighted by atomic mass is 16.5. The first-order valence-corrected chi connectivity index (χ1v) is 9.66. The van der Waals surface area contributed by atoms with Crippen molar-refractivity contribution in [2.45, 2.75) is 26.2 Å². The van der Waals surface area contributed by atoms with Crippen LogP contribution in [0.15, 0.2) is 42.9 Å². The Morgan fingerprint density at radius 2 is 2.07 bits per heavy atom. The Bertz CT molecular complexity index is 1150. The van der Waals surface area contributed by atoms with E-state index in [4.69, 9.17) is 9.72 Å². The first-order valence-electron chi connectivity index (χ1n) is 9.66. The van der Waals surface area contributed by atoms with Crippen LogP contribution in [0.1, 0.15) is 30.4 Å². The Kier molecular flexibility index (Phi) is 5.07. The number of nitrogens with zero attached hydrogens (tertiary/aromatic N) is 5. The number of fused-ring (bicyclic) bond motifs is 1. The number of ether oxygens (including phenoxy) is 1. The molecule has 0 saturated carbocycles. The molecule has 0 aromatic carbocycles. The van der Waals surface area contributed by atoms with E-state index in [-0.39, 0.29) is 12.5 Å². The van der Waals surface area contributed by atoms with E-state index in [0.29, 0.717) is 11.7 Å². The molecule has 0 aliphatic carbocycles. The van der Waals surface area contributed by atoms with E-state index in [1.165, 1.54) is 5.56 Å². The van der Waals surface area contributed by atoms with Crippen molar-refractivity contribution in [2.24, 2.45) is 7.05 Å². The quantitative estimate of drug-likeness (QED) is 0.543. The van der Waals surface area contributed by atoms with Crippen LogP contribution in [0, 0.1) is 6.92 Å². The van der Waals surface area contributed by atoms with Gasteiger partial charge in [-0.3, -0.25) is 0 Å². The minimum atomic E-state index is 0.174. The second-order valence-electron chi connectivity index (χ2n) is 7.31. The summed E-state index contributed by atoms with van der Waals surface area (Å²) in [7, 11) is 3.61. The molecule has 0 unspecified atom stereocenters. The number of hydrogen-bond acceptors (Lipinski definition) is 5. The Balaban J connectivity index is 1.84. The lowest BCUT2D eigenvalue weighted by Gasteiger charge is -2.13. The lowest BCUT2D eigenvalue weighted by Crippen LogP contribution is -2.02. The van der Waals surface area contributed by atoms with Crippen LogP contribution in [-0.4, -0.2) is 43.1 Å². The normalized spacial score (nSPS) is 12.4. The van der Waals surface area contributed by atoms with E-state index in [9.17, 15) is 5.11 Å². The lowest BCUT2D eigenvalue weighted by molar-refractivity contribution is 0.279. The molecular formula is C22H25N5O2. The molecule has 4 heterocycles. The summed E-state index contributed by atoms with van der Waals surface area (Å²) in [6, 6.07) is 7.91.